The van der Waals surface area contributed by atoms with Crippen molar-refractivity contribution in [3.05, 3.63) is 10.3 Å². The summed E-state index contributed by atoms with van der Waals surface area (Å²) in [5.41, 5.74) is 1.17. The molecule has 0 spiro atoms. The Kier molecular flexibility index (Phi) is 5.25. The highest BCUT2D eigenvalue weighted by Crippen LogP contribution is 2.15. The van der Waals surface area contributed by atoms with E-state index in [9.17, 15) is 0 Å². The molecule has 0 amide bonds. The van der Waals surface area contributed by atoms with Crippen molar-refractivity contribution in [3.63, 3.8) is 0 Å². The summed E-state index contributed by atoms with van der Waals surface area (Å²) in [6.07, 6.45) is 2.18. The van der Waals surface area contributed by atoms with Crippen LogP contribution in [-0.2, 0) is 13.5 Å². The van der Waals surface area contributed by atoms with Crippen LogP contribution in [0.25, 0.3) is 0 Å². The molecule has 0 fully saturated rings. The predicted molar refractivity (Wildman–Crippen MR) is 64.7 cm³/mol. The maximum atomic E-state index is 3.97. The number of aryl methyl sites for hydroxylation is 1. The largest absolute Gasteiger partial charge is 0.316 e. The monoisotopic (exact) mass is 274 g/mol. The second-order valence-electron chi connectivity index (χ2n) is 3.96. The maximum Gasteiger partial charge on any atom is 0.151 e. The Bertz CT molecular complexity index is 278. The van der Waals surface area contributed by atoms with E-state index in [4.69, 9.17) is 0 Å². The molecule has 0 radical (unpaired) electrons. The molecule has 1 heterocycles. The second kappa shape index (κ2) is 6.23. The van der Waals surface area contributed by atoms with Crippen molar-refractivity contribution in [3.8, 4) is 0 Å². The zero-order chi connectivity index (χ0) is 11.3. The number of halogens is 1. The minimum Gasteiger partial charge on any atom is -0.316 e. The van der Waals surface area contributed by atoms with Crippen LogP contribution in [0.1, 0.15) is 26.0 Å². The van der Waals surface area contributed by atoms with E-state index < -0.39 is 0 Å². The lowest BCUT2D eigenvalue weighted by Crippen LogP contribution is -2.23. The van der Waals surface area contributed by atoms with E-state index in [-0.39, 0.29) is 0 Å². The Morgan fingerprint density at radius 2 is 2.27 bits per heavy atom. The van der Waals surface area contributed by atoms with Crippen molar-refractivity contribution >= 4 is 15.9 Å². The van der Waals surface area contributed by atoms with Gasteiger partial charge in [0.15, 0.2) is 4.60 Å². The van der Waals surface area contributed by atoms with Gasteiger partial charge in [0.1, 0.15) is 0 Å². The Balaban J connectivity index is 2.40. The van der Waals surface area contributed by atoms with Crippen molar-refractivity contribution in [1.82, 2.24) is 20.3 Å². The molecule has 4 nitrogen and oxygen atoms in total. The van der Waals surface area contributed by atoms with Gasteiger partial charge in [0.05, 0.1) is 5.69 Å². The third kappa shape index (κ3) is 3.91. The minimum atomic E-state index is 0.602. The van der Waals surface area contributed by atoms with Crippen molar-refractivity contribution < 1.29 is 0 Å². The number of nitrogens with zero attached hydrogens (tertiary/aromatic N) is 3. The smallest absolute Gasteiger partial charge is 0.151 e. The highest BCUT2D eigenvalue weighted by atomic mass is 79.9. The van der Waals surface area contributed by atoms with E-state index in [1.165, 1.54) is 12.1 Å². The molecular formula is C10H19BrN4. The lowest BCUT2D eigenvalue weighted by atomic mass is 10.1. The van der Waals surface area contributed by atoms with E-state index >= 15 is 0 Å². The van der Waals surface area contributed by atoms with Gasteiger partial charge in [-0.2, -0.15) is 0 Å². The molecule has 0 aliphatic carbocycles. The molecule has 1 atom stereocenters. The summed E-state index contributed by atoms with van der Waals surface area (Å²) in [4.78, 5) is 0. The standard InChI is InChI=1S/C10H19BrN4/c1-4-5-12-7-8(2)6-9-10(11)13-14-15(9)3/h8,12H,4-7H2,1-3H3. The number of nitrogens with one attached hydrogen (secondary N) is 1. The van der Waals surface area contributed by atoms with Crippen LogP contribution >= 0.6 is 15.9 Å². The van der Waals surface area contributed by atoms with E-state index in [1.54, 1.807) is 0 Å². The third-order valence-corrected chi connectivity index (χ3v) is 2.97. The second-order valence-corrected chi connectivity index (χ2v) is 4.72. The van der Waals surface area contributed by atoms with Gasteiger partial charge < -0.3 is 5.32 Å². The van der Waals surface area contributed by atoms with Crippen LogP contribution in [0.2, 0.25) is 0 Å². The minimum absolute atomic E-state index is 0.602. The fourth-order valence-corrected chi connectivity index (χ4v) is 1.98. The molecule has 1 N–H and O–H groups in total. The van der Waals surface area contributed by atoms with E-state index in [2.05, 4.69) is 45.4 Å². The zero-order valence-electron chi connectivity index (χ0n) is 9.63. The molecular weight excluding hydrogens is 256 g/mol. The molecule has 0 bridgehead atoms. The first-order valence-corrected chi connectivity index (χ1v) is 6.19. The Morgan fingerprint density at radius 1 is 1.53 bits per heavy atom. The molecule has 15 heavy (non-hydrogen) atoms. The average Bonchev–Trinajstić information content (AvgIpc) is 2.50. The van der Waals surface area contributed by atoms with Crippen LogP contribution in [-0.4, -0.2) is 28.1 Å². The molecule has 1 aromatic rings. The maximum absolute atomic E-state index is 3.97. The molecule has 1 unspecified atom stereocenters. The normalized spacial score (nSPS) is 13.1. The highest BCUT2D eigenvalue weighted by Gasteiger charge is 2.11. The van der Waals surface area contributed by atoms with E-state index in [0.29, 0.717) is 5.92 Å². The van der Waals surface area contributed by atoms with Gasteiger partial charge in [0.25, 0.3) is 0 Å². The highest BCUT2D eigenvalue weighted by molar-refractivity contribution is 9.10. The summed E-state index contributed by atoms with van der Waals surface area (Å²) in [6.45, 7) is 6.56. The summed E-state index contributed by atoms with van der Waals surface area (Å²) in [7, 11) is 1.93. The van der Waals surface area contributed by atoms with Gasteiger partial charge in [-0.05, 0) is 47.8 Å². The van der Waals surface area contributed by atoms with Crippen molar-refractivity contribution in [2.24, 2.45) is 13.0 Å². The molecule has 0 aliphatic rings. The number of hydrogen-bond acceptors (Lipinski definition) is 3. The fourth-order valence-electron chi connectivity index (χ4n) is 1.50. The lowest BCUT2D eigenvalue weighted by molar-refractivity contribution is 0.494. The summed E-state index contributed by atoms with van der Waals surface area (Å²) in [5.74, 6) is 0.602. The van der Waals surface area contributed by atoms with Crippen molar-refractivity contribution in [2.45, 2.75) is 26.7 Å². The SMILES string of the molecule is CCCNCC(C)Cc1c(Br)nnn1C. The number of aromatic nitrogens is 3. The molecule has 1 aromatic heterocycles. The van der Waals surface area contributed by atoms with Crippen LogP contribution in [0.15, 0.2) is 4.60 Å². The molecule has 1 rings (SSSR count). The fraction of sp³-hybridized carbons (Fsp3) is 0.800. The quantitative estimate of drug-likeness (QED) is 0.804. The molecule has 5 heteroatoms. The van der Waals surface area contributed by atoms with Crippen LogP contribution in [0.3, 0.4) is 0 Å². The molecule has 0 aromatic carbocycles. The number of rotatable bonds is 6. The molecule has 0 saturated carbocycles. The van der Waals surface area contributed by atoms with Gasteiger partial charge in [-0.3, -0.25) is 4.68 Å². The van der Waals surface area contributed by atoms with Gasteiger partial charge in [-0.25, -0.2) is 0 Å². The van der Waals surface area contributed by atoms with Gasteiger partial charge in [-0.1, -0.05) is 19.1 Å². The van der Waals surface area contributed by atoms with Gasteiger partial charge in [-0.15, -0.1) is 5.10 Å². The molecule has 86 valence electrons. The summed E-state index contributed by atoms with van der Waals surface area (Å²) < 4.78 is 2.70. The average molecular weight is 275 g/mol. The predicted octanol–water partition coefficient (Wildman–Crippen LogP) is 1.76. The van der Waals surface area contributed by atoms with Crippen molar-refractivity contribution in [1.29, 1.82) is 0 Å². The Morgan fingerprint density at radius 3 is 2.80 bits per heavy atom. The first kappa shape index (κ1) is 12.6. The van der Waals surface area contributed by atoms with Gasteiger partial charge in [0.2, 0.25) is 0 Å². The van der Waals surface area contributed by atoms with E-state index in [1.807, 2.05) is 11.7 Å². The summed E-state index contributed by atoms with van der Waals surface area (Å²) in [6, 6.07) is 0. The van der Waals surface area contributed by atoms with Gasteiger partial charge in [0, 0.05) is 7.05 Å². The lowest BCUT2D eigenvalue weighted by Gasteiger charge is -2.12. The van der Waals surface area contributed by atoms with Crippen LogP contribution < -0.4 is 5.32 Å². The zero-order valence-corrected chi connectivity index (χ0v) is 11.2. The first-order chi connectivity index (χ1) is 7.15. The molecule has 0 saturated heterocycles. The van der Waals surface area contributed by atoms with Crippen LogP contribution in [0, 0.1) is 5.92 Å². The topological polar surface area (TPSA) is 42.7 Å². The first-order valence-electron chi connectivity index (χ1n) is 5.40. The Labute approximate surface area is 99.6 Å². The summed E-state index contributed by atoms with van der Waals surface area (Å²) in [5, 5.41) is 11.4. The molecule has 0 aliphatic heterocycles. The van der Waals surface area contributed by atoms with Gasteiger partial charge >= 0.3 is 0 Å². The Hall–Kier alpha value is -0.420. The van der Waals surface area contributed by atoms with E-state index in [0.717, 1.165) is 24.1 Å². The third-order valence-electron chi connectivity index (χ3n) is 2.36. The van der Waals surface area contributed by atoms with Crippen LogP contribution in [0.4, 0.5) is 0 Å². The summed E-state index contributed by atoms with van der Waals surface area (Å²) >= 11 is 3.41. The van der Waals surface area contributed by atoms with Crippen LogP contribution in [0.5, 0.6) is 0 Å². The van der Waals surface area contributed by atoms with Crippen molar-refractivity contribution in [2.75, 3.05) is 13.1 Å². The number of hydrogen-bond donors (Lipinski definition) is 1.